The van der Waals surface area contributed by atoms with Crippen LogP contribution in [-0.4, -0.2) is 34.2 Å². The molecule has 1 aliphatic carbocycles. The van der Waals surface area contributed by atoms with Crippen molar-refractivity contribution in [1.29, 1.82) is 0 Å². The summed E-state index contributed by atoms with van der Waals surface area (Å²) in [5.74, 6) is -0.531. The van der Waals surface area contributed by atoms with Crippen molar-refractivity contribution in [3.8, 4) is 5.75 Å². The molecule has 0 spiro atoms. The van der Waals surface area contributed by atoms with Gasteiger partial charge in [0.1, 0.15) is 11.3 Å². The van der Waals surface area contributed by atoms with E-state index in [9.17, 15) is 23.1 Å². The average molecular weight is 490 g/mol. The number of carboxylic acid groups (broad SMARTS) is 1. The third-order valence-corrected chi connectivity index (χ3v) is 8.43. The lowest BCUT2D eigenvalue weighted by molar-refractivity contribution is -0.146. The first-order valence-electron chi connectivity index (χ1n) is 13.0. The SMILES string of the molecule is CC1CCC(Oc2ccc3ccc(CN4[C@@H]5CCC[C@H]4CC(C(=O)O)C5)cc3c2C(F)(F)F)CC1. The van der Waals surface area contributed by atoms with Gasteiger partial charge >= 0.3 is 12.1 Å². The Morgan fingerprint density at radius 1 is 1.03 bits per heavy atom. The van der Waals surface area contributed by atoms with E-state index < -0.39 is 17.7 Å². The van der Waals surface area contributed by atoms with Crippen molar-refractivity contribution in [2.24, 2.45) is 11.8 Å². The van der Waals surface area contributed by atoms with E-state index in [2.05, 4.69) is 11.8 Å². The van der Waals surface area contributed by atoms with Crippen molar-refractivity contribution in [1.82, 2.24) is 4.90 Å². The van der Waals surface area contributed by atoms with Crippen LogP contribution < -0.4 is 4.74 Å². The lowest BCUT2D eigenvalue weighted by atomic mass is 9.78. The average Bonchev–Trinajstić information content (AvgIpc) is 2.79. The van der Waals surface area contributed by atoms with Crippen LogP contribution in [0.25, 0.3) is 10.8 Å². The zero-order valence-electron chi connectivity index (χ0n) is 20.2. The molecular formula is C28H34F3NO3. The summed E-state index contributed by atoms with van der Waals surface area (Å²) in [6, 6.07) is 8.89. The summed E-state index contributed by atoms with van der Waals surface area (Å²) in [6.45, 7) is 2.72. The molecule has 35 heavy (non-hydrogen) atoms. The highest BCUT2D eigenvalue weighted by atomic mass is 19.4. The third kappa shape index (κ3) is 5.16. The third-order valence-electron chi connectivity index (χ3n) is 8.43. The van der Waals surface area contributed by atoms with E-state index in [-0.39, 0.29) is 35.2 Å². The van der Waals surface area contributed by atoms with E-state index >= 15 is 0 Å². The summed E-state index contributed by atoms with van der Waals surface area (Å²) in [4.78, 5) is 13.9. The van der Waals surface area contributed by atoms with Gasteiger partial charge in [0.05, 0.1) is 12.0 Å². The second kappa shape index (κ2) is 9.64. The maximum absolute atomic E-state index is 14.3. The topological polar surface area (TPSA) is 49.8 Å². The van der Waals surface area contributed by atoms with Gasteiger partial charge in [0.2, 0.25) is 0 Å². The summed E-state index contributed by atoms with van der Waals surface area (Å²) >= 11 is 0. The monoisotopic (exact) mass is 489 g/mol. The number of benzene rings is 2. The van der Waals surface area contributed by atoms with Crippen molar-refractivity contribution < 1.29 is 27.8 Å². The summed E-state index contributed by atoms with van der Waals surface area (Å²) < 4.78 is 49.0. The number of hydrogen-bond acceptors (Lipinski definition) is 3. The van der Waals surface area contributed by atoms with Crippen LogP contribution in [-0.2, 0) is 17.5 Å². The molecule has 3 atom stereocenters. The minimum atomic E-state index is -4.52. The Bertz CT molecular complexity index is 1060. The molecule has 0 radical (unpaired) electrons. The first-order chi connectivity index (χ1) is 16.7. The lowest BCUT2D eigenvalue weighted by Crippen LogP contribution is -2.52. The Morgan fingerprint density at radius 2 is 1.69 bits per heavy atom. The first kappa shape index (κ1) is 24.4. The molecule has 0 aromatic heterocycles. The molecule has 2 aromatic rings. The van der Waals surface area contributed by atoms with Gasteiger partial charge in [-0.05, 0) is 85.8 Å². The predicted molar refractivity (Wildman–Crippen MR) is 128 cm³/mol. The van der Waals surface area contributed by atoms with Crippen molar-refractivity contribution >= 4 is 16.7 Å². The predicted octanol–water partition coefficient (Wildman–Crippen LogP) is 7.03. The maximum atomic E-state index is 14.3. The van der Waals surface area contributed by atoms with E-state index in [0.29, 0.717) is 30.7 Å². The van der Waals surface area contributed by atoms with Crippen molar-refractivity contribution in [2.45, 2.75) is 95.6 Å². The molecule has 2 aromatic carbocycles. The summed E-state index contributed by atoms with van der Waals surface area (Å²) in [5, 5.41) is 10.2. The molecule has 190 valence electrons. The van der Waals surface area contributed by atoms with Gasteiger partial charge in [-0.2, -0.15) is 13.2 Å². The molecule has 0 amide bonds. The number of aliphatic carboxylic acids is 1. The number of nitrogens with zero attached hydrogens (tertiary/aromatic N) is 1. The number of halogens is 3. The fraction of sp³-hybridized carbons (Fsp3) is 0.607. The number of fused-ring (bicyclic) bond motifs is 3. The number of carboxylic acids is 1. The number of rotatable bonds is 5. The second-order valence-electron chi connectivity index (χ2n) is 10.9. The molecule has 1 N–H and O–H groups in total. The molecule has 2 bridgehead atoms. The maximum Gasteiger partial charge on any atom is 0.420 e. The molecule has 4 nitrogen and oxygen atoms in total. The van der Waals surface area contributed by atoms with E-state index in [4.69, 9.17) is 4.74 Å². The zero-order valence-corrected chi connectivity index (χ0v) is 20.2. The van der Waals surface area contributed by atoms with Gasteiger partial charge in [-0.25, -0.2) is 0 Å². The fourth-order valence-corrected chi connectivity index (χ4v) is 6.51. The molecule has 7 heteroatoms. The van der Waals surface area contributed by atoms with Gasteiger partial charge in [-0.1, -0.05) is 31.5 Å². The Kier molecular flexibility index (Phi) is 6.73. The van der Waals surface area contributed by atoms with Crippen molar-refractivity contribution in [2.75, 3.05) is 0 Å². The zero-order chi connectivity index (χ0) is 24.7. The van der Waals surface area contributed by atoms with Crippen LogP contribution in [0.3, 0.4) is 0 Å². The highest BCUT2D eigenvalue weighted by Gasteiger charge is 2.41. The number of hydrogen-bond donors (Lipinski definition) is 1. The Balaban J connectivity index is 1.44. The molecule has 1 unspecified atom stereocenters. The van der Waals surface area contributed by atoms with E-state index in [1.54, 1.807) is 18.2 Å². The smallest absolute Gasteiger partial charge is 0.420 e. The lowest BCUT2D eigenvalue weighted by Gasteiger charge is -2.48. The normalized spacial score (nSPS) is 29.8. The van der Waals surface area contributed by atoms with Gasteiger partial charge in [0.15, 0.2) is 0 Å². The Morgan fingerprint density at radius 3 is 2.31 bits per heavy atom. The summed E-state index contributed by atoms with van der Waals surface area (Å²) in [5.41, 5.74) is 0.151. The largest absolute Gasteiger partial charge is 0.490 e. The van der Waals surface area contributed by atoms with Gasteiger partial charge in [0, 0.05) is 18.6 Å². The number of piperidine rings is 2. The molecule has 2 heterocycles. The first-order valence-corrected chi connectivity index (χ1v) is 13.0. The molecule has 2 aliphatic heterocycles. The van der Waals surface area contributed by atoms with Gasteiger partial charge in [0.25, 0.3) is 0 Å². The van der Waals surface area contributed by atoms with E-state index in [1.807, 2.05) is 6.07 Å². The molecule has 2 saturated heterocycles. The summed E-state index contributed by atoms with van der Waals surface area (Å²) in [7, 11) is 0. The minimum absolute atomic E-state index is 0.0687. The highest BCUT2D eigenvalue weighted by Crippen LogP contribution is 2.43. The molecule has 3 fully saturated rings. The van der Waals surface area contributed by atoms with Crippen LogP contribution in [0.1, 0.15) is 75.8 Å². The quantitative estimate of drug-likeness (QED) is 0.490. The van der Waals surface area contributed by atoms with Gasteiger partial charge < -0.3 is 9.84 Å². The molecule has 5 rings (SSSR count). The minimum Gasteiger partial charge on any atom is -0.490 e. The number of ether oxygens (including phenoxy) is 1. The van der Waals surface area contributed by atoms with Crippen LogP contribution in [0.2, 0.25) is 0 Å². The van der Waals surface area contributed by atoms with Crippen molar-refractivity contribution in [3.05, 3.63) is 41.5 Å². The molecular weight excluding hydrogens is 455 g/mol. The standard InChI is InChI=1S/C28H34F3NO3/c1-17-5-10-23(11-6-17)35-25-12-9-19-8-7-18(13-24(19)26(25)28(29,30)31)16-32-21-3-2-4-22(32)15-20(14-21)27(33)34/h7-9,12-13,17,20-23H,2-6,10-11,14-16H2,1H3,(H,33,34)/t17?,20?,21-,22+,23?. The van der Waals surface area contributed by atoms with Crippen LogP contribution in [0, 0.1) is 11.8 Å². The Labute approximate surface area is 204 Å². The fourth-order valence-electron chi connectivity index (χ4n) is 6.51. The van der Waals surface area contributed by atoms with Crippen LogP contribution in [0.5, 0.6) is 5.75 Å². The Hall–Kier alpha value is -2.28. The highest BCUT2D eigenvalue weighted by molar-refractivity contribution is 5.89. The van der Waals surface area contributed by atoms with E-state index in [0.717, 1.165) is 50.5 Å². The van der Waals surface area contributed by atoms with Gasteiger partial charge in [-0.3, -0.25) is 9.69 Å². The van der Waals surface area contributed by atoms with Crippen LogP contribution in [0.15, 0.2) is 30.3 Å². The van der Waals surface area contributed by atoms with Gasteiger partial charge in [-0.15, -0.1) is 0 Å². The van der Waals surface area contributed by atoms with Crippen molar-refractivity contribution in [3.63, 3.8) is 0 Å². The molecule has 1 saturated carbocycles. The van der Waals surface area contributed by atoms with E-state index in [1.165, 1.54) is 6.07 Å². The number of alkyl halides is 3. The number of carbonyl (C=O) groups is 1. The summed E-state index contributed by atoms with van der Waals surface area (Å²) in [6.07, 6.45) is 3.02. The molecule has 3 aliphatic rings. The van der Waals surface area contributed by atoms with Crippen LogP contribution >= 0.6 is 0 Å². The van der Waals surface area contributed by atoms with Crippen LogP contribution in [0.4, 0.5) is 13.2 Å². The second-order valence-corrected chi connectivity index (χ2v) is 10.9.